The van der Waals surface area contributed by atoms with Gasteiger partial charge in [-0.25, -0.2) is 0 Å². The zero-order valence-corrected chi connectivity index (χ0v) is 10.4. The van der Waals surface area contributed by atoms with Crippen LogP contribution in [0.25, 0.3) is 0 Å². The highest BCUT2D eigenvalue weighted by Crippen LogP contribution is 2.27. The van der Waals surface area contributed by atoms with E-state index < -0.39 is 6.61 Å². The van der Waals surface area contributed by atoms with E-state index in [1.165, 1.54) is 0 Å². The fourth-order valence-corrected chi connectivity index (χ4v) is 2.05. The first kappa shape index (κ1) is 12.8. The second-order valence-corrected chi connectivity index (χ2v) is 4.46. The molecule has 1 aliphatic rings. The number of carbonyl (C=O) groups is 1. The van der Waals surface area contributed by atoms with Gasteiger partial charge in [0.2, 0.25) is 0 Å². The van der Waals surface area contributed by atoms with E-state index in [2.05, 4.69) is 4.74 Å². The lowest BCUT2D eigenvalue weighted by Crippen LogP contribution is -2.42. The van der Waals surface area contributed by atoms with Crippen molar-refractivity contribution >= 4 is 5.91 Å². The molecule has 0 aromatic heterocycles. The van der Waals surface area contributed by atoms with E-state index in [0.29, 0.717) is 16.7 Å². The predicted octanol–water partition coefficient (Wildman–Crippen LogP) is 2.75. The van der Waals surface area contributed by atoms with Gasteiger partial charge in [0.15, 0.2) is 0 Å². The molecule has 18 heavy (non-hydrogen) atoms. The molecular weight excluding hydrogens is 240 g/mol. The Bertz CT molecular complexity index is 447. The van der Waals surface area contributed by atoms with E-state index in [1.54, 1.807) is 30.9 Å². The van der Waals surface area contributed by atoms with Gasteiger partial charge in [-0.2, -0.15) is 8.78 Å². The van der Waals surface area contributed by atoms with Crippen molar-refractivity contribution in [3.05, 3.63) is 28.8 Å². The van der Waals surface area contributed by atoms with E-state index >= 15 is 0 Å². The lowest BCUT2D eigenvalue weighted by Gasteiger charge is -2.31. The smallest absolute Gasteiger partial charge is 0.387 e. The molecule has 0 aliphatic carbocycles. The maximum atomic E-state index is 12.2. The fraction of sp³-hybridized carbons (Fsp3) is 0.462. The molecule has 1 fully saturated rings. The standard InChI is InChI=1S/C13H15F2NO2/c1-8-6-10(12(17)16-4-3-5-16)7-9(2)11(8)18-13(14)15/h6-7,13H,3-5H2,1-2H3. The largest absolute Gasteiger partial charge is 0.434 e. The Morgan fingerprint density at radius 2 is 1.83 bits per heavy atom. The Kier molecular flexibility index (Phi) is 3.50. The number of ether oxygens (including phenoxy) is 1. The van der Waals surface area contributed by atoms with E-state index in [1.807, 2.05) is 0 Å². The van der Waals surface area contributed by atoms with Crippen molar-refractivity contribution < 1.29 is 18.3 Å². The summed E-state index contributed by atoms with van der Waals surface area (Å²) in [6, 6.07) is 3.21. The summed E-state index contributed by atoms with van der Waals surface area (Å²) in [4.78, 5) is 13.7. The van der Waals surface area contributed by atoms with Crippen LogP contribution in [-0.2, 0) is 0 Å². The number of alkyl halides is 2. The normalized spacial score (nSPS) is 14.6. The van der Waals surface area contributed by atoms with Crippen LogP contribution in [0.1, 0.15) is 27.9 Å². The minimum Gasteiger partial charge on any atom is -0.434 e. The van der Waals surface area contributed by atoms with Crippen molar-refractivity contribution in [3.8, 4) is 5.75 Å². The van der Waals surface area contributed by atoms with Crippen molar-refractivity contribution in [2.75, 3.05) is 13.1 Å². The number of hydrogen-bond acceptors (Lipinski definition) is 2. The first-order valence-electron chi connectivity index (χ1n) is 5.84. The number of carbonyl (C=O) groups excluding carboxylic acids is 1. The molecule has 0 saturated carbocycles. The first-order chi connectivity index (χ1) is 8.49. The van der Waals surface area contributed by atoms with Crippen molar-refractivity contribution in [1.82, 2.24) is 4.90 Å². The molecule has 0 bridgehead atoms. The van der Waals surface area contributed by atoms with Gasteiger partial charge in [-0.1, -0.05) is 0 Å². The van der Waals surface area contributed by atoms with Crippen LogP contribution in [0.2, 0.25) is 0 Å². The molecule has 1 heterocycles. The summed E-state index contributed by atoms with van der Waals surface area (Å²) in [5.41, 5.74) is 1.64. The molecule has 1 aromatic carbocycles. The summed E-state index contributed by atoms with van der Waals surface area (Å²) < 4.78 is 28.9. The third-order valence-electron chi connectivity index (χ3n) is 3.06. The monoisotopic (exact) mass is 255 g/mol. The number of hydrogen-bond donors (Lipinski definition) is 0. The molecule has 0 spiro atoms. The van der Waals surface area contributed by atoms with Gasteiger partial charge in [0.05, 0.1) is 0 Å². The second-order valence-electron chi connectivity index (χ2n) is 4.46. The number of halogens is 2. The number of amides is 1. The van der Waals surface area contributed by atoms with Gasteiger partial charge in [-0.3, -0.25) is 4.79 Å². The van der Waals surface area contributed by atoms with Crippen LogP contribution in [0.5, 0.6) is 5.75 Å². The van der Waals surface area contributed by atoms with Crippen molar-refractivity contribution in [2.24, 2.45) is 0 Å². The first-order valence-corrected chi connectivity index (χ1v) is 5.84. The number of aryl methyl sites for hydroxylation is 2. The fourth-order valence-electron chi connectivity index (χ4n) is 2.05. The van der Waals surface area contributed by atoms with Crippen LogP contribution in [0.4, 0.5) is 8.78 Å². The minimum atomic E-state index is -2.85. The summed E-state index contributed by atoms with van der Waals surface area (Å²) >= 11 is 0. The highest BCUT2D eigenvalue weighted by molar-refractivity contribution is 5.95. The van der Waals surface area contributed by atoms with Crippen LogP contribution in [-0.4, -0.2) is 30.5 Å². The molecule has 5 heteroatoms. The Balaban J connectivity index is 2.26. The Labute approximate surface area is 104 Å². The molecule has 98 valence electrons. The Hall–Kier alpha value is -1.65. The molecule has 1 aromatic rings. The molecule has 0 atom stereocenters. The van der Waals surface area contributed by atoms with E-state index in [0.717, 1.165) is 19.5 Å². The highest BCUT2D eigenvalue weighted by atomic mass is 19.3. The number of likely N-dealkylation sites (tertiary alicyclic amines) is 1. The number of rotatable bonds is 3. The number of benzene rings is 1. The lowest BCUT2D eigenvalue weighted by atomic mass is 10.0. The molecular formula is C13H15F2NO2. The third kappa shape index (κ3) is 2.44. The Morgan fingerprint density at radius 1 is 1.28 bits per heavy atom. The second kappa shape index (κ2) is 4.92. The average molecular weight is 255 g/mol. The molecule has 3 nitrogen and oxygen atoms in total. The van der Waals surface area contributed by atoms with E-state index in [-0.39, 0.29) is 11.7 Å². The molecule has 2 rings (SSSR count). The molecule has 1 aliphatic heterocycles. The summed E-state index contributed by atoms with van der Waals surface area (Å²) in [6.45, 7) is 2.02. The van der Waals surface area contributed by atoms with Crippen LogP contribution >= 0.6 is 0 Å². The van der Waals surface area contributed by atoms with Gasteiger partial charge in [-0.05, 0) is 43.5 Å². The predicted molar refractivity (Wildman–Crippen MR) is 63.1 cm³/mol. The van der Waals surface area contributed by atoms with Gasteiger partial charge in [-0.15, -0.1) is 0 Å². The summed E-state index contributed by atoms with van der Waals surface area (Å²) in [6.07, 6.45) is 1.02. The molecule has 0 unspecified atom stereocenters. The molecule has 0 radical (unpaired) electrons. The maximum absolute atomic E-state index is 12.2. The average Bonchev–Trinajstić information content (AvgIpc) is 2.20. The number of nitrogens with zero attached hydrogens (tertiary/aromatic N) is 1. The maximum Gasteiger partial charge on any atom is 0.387 e. The lowest BCUT2D eigenvalue weighted by molar-refractivity contribution is -0.0507. The van der Waals surface area contributed by atoms with E-state index in [4.69, 9.17) is 0 Å². The van der Waals surface area contributed by atoms with Gasteiger partial charge >= 0.3 is 6.61 Å². The van der Waals surface area contributed by atoms with Crippen LogP contribution < -0.4 is 4.74 Å². The Morgan fingerprint density at radius 3 is 2.22 bits per heavy atom. The van der Waals surface area contributed by atoms with E-state index in [9.17, 15) is 13.6 Å². The quantitative estimate of drug-likeness (QED) is 0.831. The summed E-state index contributed by atoms with van der Waals surface area (Å²) in [7, 11) is 0. The zero-order valence-electron chi connectivity index (χ0n) is 10.4. The zero-order chi connectivity index (χ0) is 13.3. The van der Waals surface area contributed by atoms with Gasteiger partial charge in [0, 0.05) is 18.7 Å². The van der Waals surface area contributed by atoms with Gasteiger partial charge in [0.1, 0.15) is 5.75 Å². The molecule has 1 saturated heterocycles. The topological polar surface area (TPSA) is 29.5 Å². The van der Waals surface area contributed by atoms with Crippen molar-refractivity contribution in [2.45, 2.75) is 26.9 Å². The van der Waals surface area contributed by atoms with Crippen LogP contribution in [0, 0.1) is 13.8 Å². The third-order valence-corrected chi connectivity index (χ3v) is 3.06. The van der Waals surface area contributed by atoms with Crippen LogP contribution in [0.15, 0.2) is 12.1 Å². The molecule has 1 amide bonds. The summed E-state index contributed by atoms with van der Waals surface area (Å²) in [5.74, 6) is 0.112. The highest BCUT2D eigenvalue weighted by Gasteiger charge is 2.23. The SMILES string of the molecule is Cc1cc(C(=O)N2CCC2)cc(C)c1OC(F)F. The summed E-state index contributed by atoms with van der Waals surface area (Å²) in [5, 5.41) is 0. The van der Waals surface area contributed by atoms with Gasteiger partial charge in [0.25, 0.3) is 5.91 Å². The van der Waals surface area contributed by atoms with Crippen LogP contribution in [0.3, 0.4) is 0 Å². The van der Waals surface area contributed by atoms with Crippen molar-refractivity contribution in [3.63, 3.8) is 0 Å². The molecule has 0 N–H and O–H groups in total. The minimum absolute atomic E-state index is 0.0453. The van der Waals surface area contributed by atoms with Crippen molar-refractivity contribution in [1.29, 1.82) is 0 Å². The van der Waals surface area contributed by atoms with Gasteiger partial charge < -0.3 is 9.64 Å².